The maximum Gasteiger partial charge on any atom is 0.172 e. The minimum absolute atomic E-state index is 0. The van der Waals surface area contributed by atoms with Gasteiger partial charge in [0.15, 0.2) is 5.78 Å². The van der Waals surface area contributed by atoms with Crippen LogP contribution in [0.5, 0.6) is 5.75 Å². The van der Waals surface area contributed by atoms with Crippen molar-refractivity contribution in [3.8, 4) is 5.75 Å². The molecule has 0 saturated heterocycles. The van der Waals surface area contributed by atoms with Crippen LogP contribution in [0.4, 0.5) is 0 Å². The number of ether oxygens (including phenoxy) is 1. The number of fused-ring (bicyclic) bond motifs is 1. The molecule has 5 nitrogen and oxygen atoms in total. The third kappa shape index (κ3) is 8.26. The van der Waals surface area contributed by atoms with Crippen molar-refractivity contribution in [1.82, 2.24) is 0 Å². The van der Waals surface area contributed by atoms with Gasteiger partial charge in [-0.25, -0.2) is 0 Å². The van der Waals surface area contributed by atoms with Crippen LogP contribution in [0.25, 0.3) is 10.8 Å². The largest absolute Gasteiger partial charge is 1.00 e. The van der Waals surface area contributed by atoms with Crippen LogP contribution < -0.4 is 39.8 Å². The number of benzene rings is 3. The van der Waals surface area contributed by atoms with Crippen molar-refractivity contribution in [2.24, 2.45) is 0 Å². The lowest BCUT2D eigenvalue weighted by atomic mass is 10.0. The summed E-state index contributed by atoms with van der Waals surface area (Å²) in [6.45, 7) is 4.20. The highest BCUT2D eigenvalue weighted by atomic mass is 35.5. The van der Waals surface area contributed by atoms with E-state index in [4.69, 9.17) is 4.74 Å². The van der Waals surface area contributed by atoms with Crippen molar-refractivity contribution in [1.29, 1.82) is 0 Å². The van der Waals surface area contributed by atoms with E-state index >= 15 is 0 Å². The highest BCUT2D eigenvalue weighted by Crippen LogP contribution is 2.31. The van der Waals surface area contributed by atoms with Crippen LogP contribution in [0, 0.1) is 0 Å². The van der Waals surface area contributed by atoms with Gasteiger partial charge in [-0.05, 0) is 23.9 Å². The van der Waals surface area contributed by atoms with Crippen LogP contribution in [0.3, 0.4) is 0 Å². The topological polar surface area (TPSA) is 67.6 Å². The van der Waals surface area contributed by atoms with E-state index in [0.717, 1.165) is 29.3 Å². The molecule has 0 aromatic heterocycles. The van der Waals surface area contributed by atoms with E-state index in [1.165, 1.54) is 4.90 Å². The molecular formula is C27H36Cl2N2O3. The maximum atomic E-state index is 13.1. The van der Waals surface area contributed by atoms with E-state index in [-0.39, 0.29) is 36.6 Å². The molecule has 0 spiro atoms. The molecular weight excluding hydrogens is 471 g/mol. The van der Waals surface area contributed by atoms with Gasteiger partial charge in [0.05, 0.1) is 45.8 Å². The van der Waals surface area contributed by atoms with E-state index in [0.29, 0.717) is 30.9 Å². The molecule has 0 fully saturated rings. The van der Waals surface area contributed by atoms with Gasteiger partial charge in [-0.3, -0.25) is 4.79 Å². The third-order valence-electron chi connectivity index (χ3n) is 5.80. The Hall–Kier alpha value is -2.15. The standard InChI is InChI=1S/C27H34N2O3.2ClH/c1-20(26(31)22-11-5-4-6-12-22)28-17-16-25(30)24-15-14-21-10-7-8-13-23(21)27(24)32-19-9-18-29(2)3;;/h4-8,10-15,20,26,28,31H,9,16-19H2,1-3H3;2*1H. The van der Waals surface area contributed by atoms with Crippen LogP contribution in [0.15, 0.2) is 66.7 Å². The first kappa shape index (κ1) is 29.9. The van der Waals surface area contributed by atoms with Gasteiger partial charge in [-0.2, -0.15) is 0 Å². The Bertz CT molecular complexity index is 1020. The van der Waals surface area contributed by atoms with Gasteiger partial charge >= 0.3 is 0 Å². The van der Waals surface area contributed by atoms with E-state index in [1.54, 1.807) is 0 Å². The van der Waals surface area contributed by atoms with Crippen LogP contribution >= 0.6 is 0 Å². The highest BCUT2D eigenvalue weighted by molar-refractivity contribution is 6.04. The van der Waals surface area contributed by atoms with E-state index < -0.39 is 6.10 Å². The molecule has 0 heterocycles. The van der Waals surface area contributed by atoms with Crippen molar-refractivity contribution >= 4 is 16.6 Å². The zero-order valence-electron chi connectivity index (χ0n) is 20.1. The summed E-state index contributed by atoms with van der Waals surface area (Å²) in [6.07, 6.45) is 0.759. The first-order valence-corrected chi connectivity index (χ1v) is 11.5. The number of carbonyl (C=O) groups is 1. The summed E-state index contributed by atoms with van der Waals surface area (Å²) < 4.78 is 6.16. The number of Topliss-reactive ketones (excluding diaryl/α,β-unsaturated/α-hetero) is 1. The van der Waals surface area contributed by atoms with E-state index in [9.17, 15) is 9.90 Å². The summed E-state index contributed by atoms with van der Waals surface area (Å²) in [4.78, 5) is 14.5. The number of ketones is 1. The van der Waals surface area contributed by atoms with E-state index in [1.807, 2.05) is 79.0 Å². The molecule has 0 aliphatic heterocycles. The molecule has 34 heavy (non-hydrogen) atoms. The summed E-state index contributed by atoms with van der Waals surface area (Å²) in [6, 6.07) is 21.5. The molecule has 0 aliphatic carbocycles. The average Bonchev–Trinajstić information content (AvgIpc) is 2.81. The number of rotatable bonds is 12. The minimum atomic E-state index is -0.565. The van der Waals surface area contributed by atoms with Gasteiger partial charge in [-0.15, -0.1) is 0 Å². The summed E-state index contributed by atoms with van der Waals surface area (Å²) in [7, 11) is 4.25. The van der Waals surface area contributed by atoms with Gasteiger partial charge < -0.3 is 44.9 Å². The number of aliphatic hydroxyl groups excluding tert-OH is 1. The number of carbonyl (C=O) groups excluding carboxylic acids is 1. The first-order chi connectivity index (χ1) is 15.5. The SMILES string of the molecule is CC([NH2+]CCC(=O)c1ccc2ccccc2c1OCCC[NH+](C)C)C(O)c1ccccc1.[Cl-].[Cl-]. The lowest BCUT2D eigenvalue weighted by Gasteiger charge is -2.18. The number of halogens is 2. The Morgan fingerprint density at radius 3 is 2.38 bits per heavy atom. The van der Waals surface area contributed by atoms with Crippen LogP contribution in [-0.2, 0) is 0 Å². The van der Waals surface area contributed by atoms with Gasteiger partial charge in [-0.1, -0.05) is 60.7 Å². The predicted molar refractivity (Wildman–Crippen MR) is 128 cm³/mol. The molecule has 0 radical (unpaired) electrons. The molecule has 186 valence electrons. The van der Waals surface area contributed by atoms with Crippen molar-refractivity contribution in [2.75, 3.05) is 33.8 Å². The predicted octanol–water partition coefficient (Wildman–Crippen LogP) is -3.98. The molecule has 4 N–H and O–H groups in total. The van der Waals surface area contributed by atoms with Gasteiger partial charge in [0, 0.05) is 11.8 Å². The number of aliphatic hydroxyl groups is 1. The molecule has 2 unspecified atom stereocenters. The monoisotopic (exact) mass is 506 g/mol. The average molecular weight is 508 g/mol. The summed E-state index contributed by atoms with van der Waals surface area (Å²) in [5, 5.41) is 14.6. The molecule has 3 rings (SSSR count). The second kappa shape index (κ2) is 15.0. The Labute approximate surface area is 215 Å². The number of nitrogens with two attached hydrogens (primary N) is 1. The van der Waals surface area contributed by atoms with Crippen molar-refractivity contribution in [3.63, 3.8) is 0 Å². The van der Waals surface area contributed by atoms with Gasteiger partial charge in [0.1, 0.15) is 17.9 Å². The van der Waals surface area contributed by atoms with Crippen LogP contribution in [0.1, 0.15) is 41.8 Å². The fourth-order valence-corrected chi connectivity index (χ4v) is 3.91. The molecule has 3 aromatic rings. The molecule has 0 amide bonds. The molecule has 0 bridgehead atoms. The van der Waals surface area contributed by atoms with Gasteiger partial charge in [0.2, 0.25) is 0 Å². The Balaban J connectivity index is 0.00000289. The number of nitrogens with one attached hydrogen (secondary N) is 1. The maximum absolute atomic E-state index is 13.1. The van der Waals surface area contributed by atoms with Crippen molar-refractivity contribution in [3.05, 3.63) is 77.9 Å². The smallest absolute Gasteiger partial charge is 0.172 e. The fourth-order valence-electron chi connectivity index (χ4n) is 3.91. The molecule has 0 saturated carbocycles. The molecule has 7 heteroatoms. The number of hydrogen-bond acceptors (Lipinski definition) is 3. The number of quaternary nitrogens is 2. The summed E-state index contributed by atoms with van der Waals surface area (Å²) in [5.41, 5.74) is 1.54. The van der Waals surface area contributed by atoms with Crippen molar-refractivity contribution in [2.45, 2.75) is 31.9 Å². The fraction of sp³-hybridized carbons (Fsp3) is 0.370. The summed E-state index contributed by atoms with van der Waals surface area (Å²) >= 11 is 0. The summed E-state index contributed by atoms with van der Waals surface area (Å²) in [5.74, 6) is 0.765. The first-order valence-electron chi connectivity index (χ1n) is 11.5. The minimum Gasteiger partial charge on any atom is -1.00 e. The zero-order chi connectivity index (χ0) is 22.9. The Kier molecular flexibility index (Phi) is 13.2. The Morgan fingerprint density at radius 1 is 1.00 bits per heavy atom. The van der Waals surface area contributed by atoms with Gasteiger partial charge in [0.25, 0.3) is 0 Å². The van der Waals surface area contributed by atoms with E-state index in [2.05, 4.69) is 14.1 Å². The quantitative estimate of drug-likeness (QED) is 0.173. The molecule has 0 aliphatic rings. The molecule has 3 aromatic carbocycles. The Morgan fingerprint density at radius 2 is 1.68 bits per heavy atom. The third-order valence-corrected chi connectivity index (χ3v) is 5.80. The highest BCUT2D eigenvalue weighted by Gasteiger charge is 2.21. The number of hydrogen-bond donors (Lipinski definition) is 3. The lowest BCUT2D eigenvalue weighted by Crippen LogP contribution is -3.05. The second-order valence-electron chi connectivity index (χ2n) is 8.73. The second-order valence-corrected chi connectivity index (χ2v) is 8.73. The normalized spacial score (nSPS) is 12.5. The lowest BCUT2D eigenvalue weighted by molar-refractivity contribution is -0.858. The zero-order valence-corrected chi connectivity index (χ0v) is 21.6. The van der Waals surface area contributed by atoms with Crippen molar-refractivity contribution < 1.29 is 49.7 Å². The van der Waals surface area contributed by atoms with Crippen LogP contribution in [0.2, 0.25) is 0 Å². The molecule has 2 atom stereocenters. The van der Waals surface area contributed by atoms with Crippen LogP contribution in [-0.4, -0.2) is 50.7 Å².